The second kappa shape index (κ2) is 6.88. The van der Waals surface area contributed by atoms with E-state index in [2.05, 4.69) is 33.6 Å². The number of hydrogen-bond acceptors (Lipinski definition) is 2. The molecule has 1 aromatic heterocycles. The summed E-state index contributed by atoms with van der Waals surface area (Å²) in [6.45, 7) is 4.20. The Labute approximate surface area is 177 Å². The molecule has 3 heterocycles. The van der Waals surface area contributed by atoms with Crippen LogP contribution in [-0.2, 0) is 16.0 Å². The molecule has 0 spiro atoms. The van der Waals surface area contributed by atoms with Crippen LogP contribution in [0.3, 0.4) is 0 Å². The van der Waals surface area contributed by atoms with Crippen LogP contribution in [0.25, 0.3) is 10.9 Å². The Morgan fingerprint density at radius 1 is 1.17 bits per heavy atom. The number of fused-ring (bicyclic) bond motifs is 4. The molecular formula is C23H20BrN3O2. The van der Waals surface area contributed by atoms with Gasteiger partial charge >= 0.3 is 0 Å². The number of piperazine rings is 1. The molecule has 29 heavy (non-hydrogen) atoms. The average molecular weight is 450 g/mol. The third-order valence-corrected chi connectivity index (χ3v) is 6.35. The second-order valence-electron chi connectivity index (χ2n) is 7.55. The van der Waals surface area contributed by atoms with E-state index in [-0.39, 0.29) is 24.4 Å². The minimum atomic E-state index is -0.508. The first kappa shape index (κ1) is 18.2. The van der Waals surface area contributed by atoms with Gasteiger partial charge in [-0.3, -0.25) is 9.59 Å². The molecule has 1 unspecified atom stereocenters. The van der Waals surface area contributed by atoms with Crippen molar-refractivity contribution in [3.8, 4) is 0 Å². The molecule has 2 aliphatic heterocycles. The zero-order valence-electron chi connectivity index (χ0n) is 15.8. The fourth-order valence-electron chi connectivity index (χ4n) is 4.66. The lowest BCUT2D eigenvalue weighted by Crippen LogP contribution is -2.62. The minimum Gasteiger partial charge on any atom is -0.356 e. The lowest BCUT2D eigenvalue weighted by Gasteiger charge is -2.47. The summed E-state index contributed by atoms with van der Waals surface area (Å²) in [7, 11) is 0. The van der Waals surface area contributed by atoms with Gasteiger partial charge in [0, 0.05) is 34.0 Å². The second-order valence-corrected chi connectivity index (χ2v) is 8.46. The average Bonchev–Trinajstić information content (AvgIpc) is 3.09. The van der Waals surface area contributed by atoms with Crippen molar-refractivity contribution in [1.29, 1.82) is 0 Å². The fraction of sp³-hybridized carbons (Fsp3) is 0.217. The number of aromatic nitrogens is 1. The van der Waals surface area contributed by atoms with Gasteiger partial charge in [0.15, 0.2) is 0 Å². The summed E-state index contributed by atoms with van der Waals surface area (Å²) in [5.41, 5.74) is 4.13. The van der Waals surface area contributed by atoms with E-state index >= 15 is 0 Å². The van der Waals surface area contributed by atoms with Gasteiger partial charge in [-0.2, -0.15) is 0 Å². The van der Waals surface area contributed by atoms with E-state index in [1.807, 2.05) is 42.5 Å². The number of amides is 2. The standard InChI is InChI=1S/C23H20BrN3O2/c1-2-10-26-13-20(28)27-19(23(26)29)12-17-16-8-3-4-9-18(16)25-21(17)22(27)14-6-5-7-15(24)11-14/h2-9,11,19,22,25H,1,10,12-13H2/t19-,22?/m0/s1. The first-order valence-corrected chi connectivity index (χ1v) is 10.4. The highest BCUT2D eigenvalue weighted by Gasteiger charge is 2.47. The normalized spacial score (nSPS) is 21.3. The Kier molecular flexibility index (Phi) is 4.32. The summed E-state index contributed by atoms with van der Waals surface area (Å²) in [6.07, 6.45) is 2.19. The molecule has 2 amide bonds. The van der Waals surface area contributed by atoms with Crippen LogP contribution in [0.2, 0.25) is 0 Å². The SMILES string of the molecule is C=CCN1CC(=O)N2C(c3cccc(Br)c3)c3[nH]c4ccccc4c3C[C@H]2C1=O. The molecule has 6 heteroatoms. The summed E-state index contributed by atoms with van der Waals surface area (Å²) in [4.78, 5) is 33.4. The van der Waals surface area contributed by atoms with E-state index in [1.54, 1.807) is 15.9 Å². The summed E-state index contributed by atoms with van der Waals surface area (Å²) in [6, 6.07) is 15.3. The van der Waals surface area contributed by atoms with Gasteiger partial charge in [-0.05, 0) is 29.3 Å². The van der Waals surface area contributed by atoms with Crippen molar-refractivity contribution in [1.82, 2.24) is 14.8 Å². The quantitative estimate of drug-likeness (QED) is 0.618. The van der Waals surface area contributed by atoms with Crippen LogP contribution in [-0.4, -0.2) is 45.7 Å². The Morgan fingerprint density at radius 2 is 2.00 bits per heavy atom. The van der Waals surface area contributed by atoms with Gasteiger partial charge in [0.1, 0.15) is 12.6 Å². The Morgan fingerprint density at radius 3 is 2.79 bits per heavy atom. The predicted molar refractivity (Wildman–Crippen MR) is 115 cm³/mol. The zero-order chi connectivity index (χ0) is 20.1. The largest absolute Gasteiger partial charge is 0.356 e. The van der Waals surface area contributed by atoms with Crippen LogP contribution in [0.15, 0.2) is 65.7 Å². The van der Waals surface area contributed by atoms with E-state index < -0.39 is 6.04 Å². The van der Waals surface area contributed by atoms with E-state index in [1.165, 1.54) is 0 Å². The monoisotopic (exact) mass is 449 g/mol. The van der Waals surface area contributed by atoms with Crippen LogP contribution in [0.1, 0.15) is 22.9 Å². The smallest absolute Gasteiger partial charge is 0.246 e. The number of nitrogens with one attached hydrogen (secondary N) is 1. The van der Waals surface area contributed by atoms with Crippen molar-refractivity contribution in [2.45, 2.75) is 18.5 Å². The number of hydrogen-bond donors (Lipinski definition) is 1. The van der Waals surface area contributed by atoms with E-state index in [0.29, 0.717) is 13.0 Å². The molecule has 5 rings (SSSR count). The van der Waals surface area contributed by atoms with Crippen LogP contribution in [0.4, 0.5) is 0 Å². The van der Waals surface area contributed by atoms with Crippen LogP contribution in [0, 0.1) is 0 Å². The molecule has 146 valence electrons. The van der Waals surface area contributed by atoms with Gasteiger partial charge in [0.05, 0.1) is 6.04 Å². The third kappa shape index (κ3) is 2.82. The molecule has 1 N–H and O–H groups in total. The van der Waals surface area contributed by atoms with Crippen LogP contribution < -0.4 is 0 Å². The molecule has 0 bridgehead atoms. The Bertz CT molecular complexity index is 1150. The molecule has 5 nitrogen and oxygen atoms in total. The summed E-state index contributed by atoms with van der Waals surface area (Å²) in [5.74, 6) is -0.0499. The van der Waals surface area contributed by atoms with Gasteiger partial charge < -0.3 is 14.8 Å². The summed E-state index contributed by atoms with van der Waals surface area (Å²) < 4.78 is 0.943. The first-order valence-electron chi connectivity index (χ1n) is 9.64. The van der Waals surface area contributed by atoms with Crippen molar-refractivity contribution in [3.63, 3.8) is 0 Å². The lowest BCUT2D eigenvalue weighted by atomic mass is 9.86. The number of carbonyl (C=O) groups is 2. The summed E-state index contributed by atoms with van der Waals surface area (Å²) >= 11 is 3.55. The zero-order valence-corrected chi connectivity index (χ0v) is 17.4. The third-order valence-electron chi connectivity index (χ3n) is 5.86. The van der Waals surface area contributed by atoms with Crippen molar-refractivity contribution in [2.75, 3.05) is 13.1 Å². The Hall–Kier alpha value is -2.86. The van der Waals surface area contributed by atoms with E-state index in [0.717, 1.165) is 32.2 Å². The maximum Gasteiger partial charge on any atom is 0.246 e. The lowest BCUT2D eigenvalue weighted by molar-refractivity contribution is -0.158. The highest BCUT2D eigenvalue weighted by Crippen LogP contribution is 2.42. The van der Waals surface area contributed by atoms with Gasteiger partial charge in [0.2, 0.25) is 11.8 Å². The Balaban J connectivity index is 1.73. The number of para-hydroxylation sites is 1. The molecule has 3 aromatic rings. The number of rotatable bonds is 3. The number of halogens is 1. The number of carbonyl (C=O) groups excluding carboxylic acids is 2. The molecule has 2 atom stereocenters. The van der Waals surface area contributed by atoms with Crippen molar-refractivity contribution in [3.05, 3.63) is 82.5 Å². The fourth-order valence-corrected chi connectivity index (χ4v) is 5.07. The van der Waals surface area contributed by atoms with Crippen molar-refractivity contribution < 1.29 is 9.59 Å². The number of benzene rings is 2. The minimum absolute atomic E-state index is 0.0135. The molecule has 0 aliphatic carbocycles. The van der Waals surface area contributed by atoms with Gasteiger partial charge in [-0.1, -0.05) is 52.3 Å². The van der Waals surface area contributed by atoms with E-state index in [9.17, 15) is 9.59 Å². The molecule has 0 saturated carbocycles. The van der Waals surface area contributed by atoms with Crippen molar-refractivity contribution in [2.24, 2.45) is 0 Å². The molecule has 2 aromatic carbocycles. The van der Waals surface area contributed by atoms with E-state index in [4.69, 9.17) is 0 Å². The maximum atomic E-state index is 13.3. The van der Waals surface area contributed by atoms with Crippen molar-refractivity contribution >= 4 is 38.6 Å². The molecule has 2 aliphatic rings. The maximum absolute atomic E-state index is 13.3. The van der Waals surface area contributed by atoms with Crippen LogP contribution >= 0.6 is 15.9 Å². The topological polar surface area (TPSA) is 56.4 Å². The van der Waals surface area contributed by atoms with Gasteiger partial charge in [-0.15, -0.1) is 6.58 Å². The molecular weight excluding hydrogens is 430 g/mol. The number of nitrogens with zero attached hydrogens (tertiary/aromatic N) is 2. The van der Waals surface area contributed by atoms with Gasteiger partial charge in [0.25, 0.3) is 0 Å². The van der Waals surface area contributed by atoms with Gasteiger partial charge in [-0.25, -0.2) is 0 Å². The first-order chi connectivity index (χ1) is 14.1. The highest BCUT2D eigenvalue weighted by atomic mass is 79.9. The predicted octanol–water partition coefficient (Wildman–Crippen LogP) is 3.80. The summed E-state index contributed by atoms with van der Waals surface area (Å²) in [5, 5.41) is 1.11. The highest BCUT2D eigenvalue weighted by molar-refractivity contribution is 9.10. The molecule has 1 fully saturated rings. The number of aromatic amines is 1. The molecule has 0 radical (unpaired) electrons. The molecule has 1 saturated heterocycles. The number of H-pyrrole nitrogens is 1. The van der Waals surface area contributed by atoms with Crippen LogP contribution in [0.5, 0.6) is 0 Å².